The van der Waals surface area contributed by atoms with E-state index in [1.165, 1.54) is 18.9 Å². The van der Waals surface area contributed by atoms with Crippen molar-refractivity contribution in [3.8, 4) is 6.01 Å². The summed E-state index contributed by atoms with van der Waals surface area (Å²) in [4.78, 5) is 13.0. The van der Waals surface area contributed by atoms with Crippen molar-refractivity contribution in [3.05, 3.63) is 12.4 Å². The summed E-state index contributed by atoms with van der Waals surface area (Å²) < 4.78 is 4.12. The molecule has 0 N–H and O–H groups in total. The summed E-state index contributed by atoms with van der Waals surface area (Å²) in [5, 5.41) is 6.71. The van der Waals surface area contributed by atoms with Crippen LogP contribution in [0.15, 0.2) is 12.4 Å². The lowest BCUT2D eigenvalue weighted by Gasteiger charge is -1.86. The second-order valence-electron chi connectivity index (χ2n) is 1.11. The lowest BCUT2D eigenvalue weighted by atomic mass is 10.9. The van der Waals surface area contributed by atoms with Crippen molar-refractivity contribution in [1.82, 2.24) is 15.2 Å². The van der Waals surface area contributed by atoms with E-state index >= 15 is 0 Å². The zero-order valence-corrected chi connectivity index (χ0v) is 4.31. The predicted octanol–water partition coefficient (Wildman–Crippen LogP) is -0.682. The number of nitrogens with zero attached hydrogens (tertiary/aromatic N) is 3. The quantitative estimate of drug-likeness (QED) is 0.522. The number of hydrogen-bond donors (Lipinski definition) is 0. The molecule has 0 spiro atoms. The summed E-state index contributed by atoms with van der Waals surface area (Å²) in [6.07, 6.45) is 2.73. The molecule has 1 aromatic rings. The standard InChI is InChI=1S/C4H2N3O2/c8-3-9-4-5-1-2-6-7-4/h1-2H. The van der Waals surface area contributed by atoms with Crippen LogP contribution in [0.4, 0.5) is 0 Å². The van der Waals surface area contributed by atoms with Gasteiger partial charge in [-0.1, -0.05) is 5.10 Å². The minimum atomic E-state index is -0.0903. The Morgan fingerprint density at radius 1 is 1.56 bits per heavy atom. The maximum atomic E-state index is 9.52. The lowest BCUT2D eigenvalue weighted by molar-refractivity contribution is 0.417. The first-order valence-electron chi connectivity index (χ1n) is 2.11. The van der Waals surface area contributed by atoms with Gasteiger partial charge in [-0.05, 0) is 0 Å². The van der Waals surface area contributed by atoms with Gasteiger partial charge in [0, 0.05) is 0 Å². The Labute approximate surface area is 50.7 Å². The van der Waals surface area contributed by atoms with Gasteiger partial charge in [0.1, 0.15) is 0 Å². The number of ether oxygens (including phenoxy) is 1. The smallest absolute Gasteiger partial charge is 0.381 e. The summed E-state index contributed by atoms with van der Waals surface area (Å²) in [7, 11) is 0. The number of rotatable bonds is 2. The third-order valence-electron chi connectivity index (χ3n) is 0.595. The molecule has 1 radical (unpaired) electrons. The Morgan fingerprint density at radius 2 is 2.44 bits per heavy atom. The molecule has 0 atom stereocenters. The van der Waals surface area contributed by atoms with Crippen LogP contribution in [0, 0.1) is 0 Å². The van der Waals surface area contributed by atoms with Gasteiger partial charge >= 0.3 is 12.5 Å². The molecule has 0 amide bonds. The van der Waals surface area contributed by atoms with Gasteiger partial charge < -0.3 is 4.74 Å². The van der Waals surface area contributed by atoms with Crippen LogP contribution in [0.25, 0.3) is 0 Å². The molecule has 0 unspecified atom stereocenters. The molecule has 0 aliphatic carbocycles. The molecule has 0 saturated carbocycles. The summed E-state index contributed by atoms with van der Waals surface area (Å²) >= 11 is 0. The Bertz CT molecular complexity index is 188. The summed E-state index contributed by atoms with van der Waals surface area (Å²) in [6.45, 7) is 1.17. The fourth-order valence-corrected chi connectivity index (χ4v) is 0.319. The maximum Gasteiger partial charge on any atom is 0.425 e. The topological polar surface area (TPSA) is 65.0 Å². The third-order valence-corrected chi connectivity index (χ3v) is 0.595. The van der Waals surface area contributed by atoms with Crippen LogP contribution in [0.5, 0.6) is 6.01 Å². The van der Waals surface area contributed by atoms with Crippen molar-refractivity contribution in [2.45, 2.75) is 0 Å². The lowest BCUT2D eigenvalue weighted by Crippen LogP contribution is -1.95. The highest BCUT2D eigenvalue weighted by Gasteiger charge is 1.91. The van der Waals surface area contributed by atoms with Crippen molar-refractivity contribution in [3.63, 3.8) is 0 Å². The average Bonchev–Trinajstić information content (AvgIpc) is 1.91. The molecule has 0 saturated heterocycles. The van der Waals surface area contributed by atoms with Gasteiger partial charge in [0.05, 0.1) is 12.4 Å². The zero-order valence-electron chi connectivity index (χ0n) is 4.31. The average molecular weight is 124 g/mol. The Kier molecular flexibility index (Phi) is 1.69. The van der Waals surface area contributed by atoms with Crippen LogP contribution >= 0.6 is 0 Å². The predicted molar refractivity (Wildman–Crippen MR) is 26.1 cm³/mol. The van der Waals surface area contributed by atoms with E-state index in [0.717, 1.165) is 0 Å². The molecule has 1 rings (SSSR count). The first kappa shape index (κ1) is 5.61. The second kappa shape index (κ2) is 2.71. The van der Waals surface area contributed by atoms with Gasteiger partial charge in [0.15, 0.2) is 0 Å². The van der Waals surface area contributed by atoms with Crippen molar-refractivity contribution < 1.29 is 9.53 Å². The summed E-state index contributed by atoms with van der Waals surface area (Å²) in [6, 6.07) is -0.0903. The van der Waals surface area contributed by atoms with Crippen LogP contribution in [0.3, 0.4) is 0 Å². The Morgan fingerprint density at radius 3 is 3.00 bits per heavy atom. The van der Waals surface area contributed by atoms with Gasteiger partial charge in [0.2, 0.25) is 0 Å². The minimum absolute atomic E-state index is 0.0903. The molecular weight excluding hydrogens is 122 g/mol. The Balaban J connectivity index is 2.72. The molecule has 0 fully saturated rings. The first-order valence-corrected chi connectivity index (χ1v) is 2.11. The normalized spacial score (nSPS) is 8.44. The molecule has 1 aromatic heterocycles. The number of hydrogen-bond acceptors (Lipinski definition) is 5. The van der Waals surface area contributed by atoms with E-state index in [2.05, 4.69) is 19.9 Å². The molecule has 0 aliphatic rings. The fraction of sp³-hybridized carbons (Fsp3) is 0. The largest absolute Gasteiger partial charge is 0.425 e. The number of aromatic nitrogens is 3. The van der Waals surface area contributed by atoms with Crippen molar-refractivity contribution in [2.75, 3.05) is 0 Å². The summed E-state index contributed by atoms with van der Waals surface area (Å²) in [5.74, 6) is 0. The minimum Gasteiger partial charge on any atom is -0.381 e. The molecule has 5 nitrogen and oxygen atoms in total. The van der Waals surface area contributed by atoms with E-state index in [0.29, 0.717) is 0 Å². The van der Waals surface area contributed by atoms with E-state index < -0.39 is 0 Å². The van der Waals surface area contributed by atoms with Crippen molar-refractivity contribution in [1.29, 1.82) is 0 Å². The van der Waals surface area contributed by atoms with Crippen LogP contribution in [0.2, 0.25) is 0 Å². The number of carbonyl (C=O) groups excluding carboxylic acids is 1. The molecular formula is C4H2N3O2. The zero-order chi connectivity index (χ0) is 6.53. The van der Waals surface area contributed by atoms with Gasteiger partial charge in [0.25, 0.3) is 0 Å². The van der Waals surface area contributed by atoms with E-state index in [9.17, 15) is 4.79 Å². The van der Waals surface area contributed by atoms with Crippen LogP contribution < -0.4 is 4.74 Å². The van der Waals surface area contributed by atoms with E-state index in [1.54, 1.807) is 0 Å². The van der Waals surface area contributed by atoms with Gasteiger partial charge in [-0.3, -0.25) is 0 Å². The SMILES string of the molecule is O=[C]Oc1nccnn1. The van der Waals surface area contributed by atoms with Crippen LogP contribution in [-0.4, -0.2) is 21.7 Å². The van der Waals surface area contributed by atoms with Gasteiger partial charge in [-0.25, -0.2) is 9.78 Å². The monoisotopic (exact) mass is 124 g/mol. The maximum absolute atomic E-state index is 9.52. The van der Waals surface area contributed by atoms with Crippen LogP contribution in [-0.2, 0) is 4.79 Å². The van der Waals surface area contributed by atoms with Gasteiger partial charge in [-0.15, -0.1) is 0 Å². The molecule has 9 heavy (non-hydrogen) atoms. The van der Waals surface area contributed by atoms with E-state index in [-0.39, 0.29) is 6.01 Å². The van der Waals surface area contributed by atoms with E-state index in [1.807, 2.05) is 0 Å². The molecule has 0 aliphatic heterocycles. The summed E-state index contributed by atoms with van der Waals surface area (Å²) in [5.41, 5.74) is 0. The van der Waals surface area contributed by atoms with Crippen molar-refractivity contribution >= 4 is 6.47 Å². The highest BCUT2D eigenvalue weighted by molar-refractivity contribution is 5.42. The molecule has 5 heteroatoms. The molecule has 0 aromatic carbocycles. The van der Waals surface area contributed by atoms with Gasteiger partial charge in [-0.2, -0.15) is 5.10 Å². The van der Waals surface area contributed by atoms with Crippen LogP contribution in [0.1, 0.15) is 0 Å². The highest BCUT2D eigenvalue weighted by Crippen LogP contribution is 1.90. The molecule has 0 bridgehead atoms. The molecule has 45 valence electrons. The first-order chi connectivity index (χ1) is 4.43. The van der Waals surface area contributed by atoms with E-state index in [4.69, 9.17) is 0 Å². The molecule has 1 heterocycles. The third kappa shape index (κ3) is 1.45. The highest BCUT2D eigenvalue weighted by atomic mass is 16.5. The second-order valence-corrected chi connectivity index (χ2v) is 1.11. The fourth-order valence-electron chi connectivity index (χ4n) is 0.319. The van der Waals surface area contributed by atoms with Crippen molar-refractivity contribution in [2.24, 2.45) is 0 Å². The Hall–Kier alpha value is -1.52.